The Bertz CT molecular complexity index is 107. The molecule has 0 amide bonds. The first kappa shape index (κ1) is 13.5. The average Bonchev–Trinajstić information content (AvgIpc) is 2.04. The van der Waals surface area contributed by atoms with Crippen LogP contribution >= 0.6 is 0 Å². The van der Waals surface area contributed by atoms with Crippen molar-refractivity contribution in [1.29, 1.82) is 0 Å². The van der Waals surface area contributed by atoms with Crippen LogP contribution in [-0.2, 0) is 8.53 Å². The highest BCUT2D eigenvalue weighted by Crippen LogP contribution is 2.06. The monoisotopic (exact) mass is 202 g/mol. The fourth-order valence-corrected chi connectivity index (χ4v) is 1.91. The summed E-state index contributed by atoms with van der Waals surface area (Å²) in [6, 6.07) is 0. The van der Waals surface area contributed by atoms with Gasteiger partial charge < -0.3 is 8.53 Å². The highest BCUT2D eigenvalue weighted by molar-refractivity contribution is 6.48. The molecule has 0 aliphatic rings. The summed E-state index contributed by atoms with van der Waals surface area (Å²) in [7, 11) is 0. The van der Waals surface area contributed by atoms with Gasteiger partial charge in [0.25, 0.3) is 0 Å². The van der Waals surface area contributed by atoms with Gasteiger partial charge in [0.15, 0.2) is 0 Å². The van der Waals surface area contributed by atoms with E-state index in [2.05, 4.69) is 25.4 Å². The minimum absolute atomic E-state index is 0.0724. The first-order chi connectivity index (χ1) is 6.20. The van der Waals surface area contributed by atoms with Gasteiger partial charge >= 0.3 is 14.5 Å². The van der Waals surface area contributed by atoms with Crippen molar-refractivity contribution in [2.75, 3.05) is 6.61 Å². The Kier molecular flexibility index (Phi) is 9.34. The Hall–Kier alpha value is 0.452. The van der Waals surface area contributed by atoms with Crippen LogP contribution in [0.15, 0.2) is 0 Å². The topological polar surface area (TPSA) is 18.5 Å². The average molecular weight is 202 g/mol. The second kappa shape index (κ2) is 9.03. The Morgan fingerprint density at radius 2 is 1.85 bits per heavy atom. The van der Waals surface area contributed by atoms with E-state index in [-0.39, 0.29) is 6.29 Å². The van der Waals surface area contributed by atoms with Crippen molar-refractivity contribution in [2.45, 2.75) is 57.4 Å². The van der Waals surface area contributed by atoms with Crippen molar-refractivity contribution < 1.29 is 8.53 Å². The van der Waals surface area contributed by atoms with E-state index in [9.17, 15) is 0 Å². The largest absolute Gasteiger partial charge is 0.478 e. The lowest BCUT2D eigenvalue weighted by atomic mass is 10.3. The first-order valence-corrected chi connectivity index (χ1v) is 8.25. The summed E-state index contributed by atoms with van der Waals surface area (Å²) in [6.07, 6.45) is 4.58. The summed E-state index contributed by atoms with van der Waals surface area (Å²) in [4.78, 5) is 0. The zero-order valence-corrected chi connectivity index (χ0v) is 10.7. The van der Waals surface area contributed by atoms with Gasteiger partial charge in [-0.25, -0.2) is 0 Å². The molecule has 78 valence electrons. The summed E-state index contributed by atoms with van der Waals surface area (Å²) in [5, 5.41) is 0. The molecule has 0 N–H and O–H groups in total. The number of ether oxygens (including phenoxy) is 1. The van der Waals surface area contributed by atoms with Gasteiger partial charge in [-0.3, -0.25) is 0 Å². The molecular formula is C10H23AlO2. The molecule has 13 heavy (non-hydrogen) atoms. The van der Waals surface area contributed by atoms with Crippen LogP contribution in [0.3, 0.4) is 0 Å². The molecule has 0 heterocycles. The molecule has 1 atom stereocenters. The number of rotatable bonds is 8. The quantitative estimate of drug-likeness (QED) is 0.342. The first-order valence-electron chi connectivity index (χ1n) is 5.47. The van der Waals surface area contributed by atoms with E-state index >= 15 is 0 Å². The SMILES string of the molecule is CCCCOC(CCC)[O][Al]([CH3])[CH3]. The maximum atomic E-state index is 5.75. The summed E-state index contributed by atoms with van der Waals surface area (Å²) in [6.45, 7) is 5.19. The lowest BCUT2D eigenvalue weighted by molar-refractivity contribution is -0.0873. The fourth-order valence-electron chi connectivity index (χ4n) is 1.09. The molecule has 0 aromatic heterocycles. The Morgan fingerprint density at radius 1 is 1.15 bits per heavy atom. The summed E-state index contributed by atoms with van der Waals surface area (Å²) in [5.74, 6) is 4.37. The van der Waals surface area contributed by atoms with Crippen molar-refractivity contribution in [1.82, 2.24) is 0 Å². The van der Waals surface area contributed by atoms with E-state index in [1.54, 1.807) is 0 Å². The van der Waals surface area contributed by atoms with Gasteiger partial charge in [-0.1, -0.05) is 38.3 Å². The third-order valence-electron chi connectivity index (χ3n) is 1.75. The highest BCUT2D eigenvalue weighted by atomic mass is 27.2. The second-order valence-electron chi connectivity index (χ2n) is 3.63. The van der Waals surface area contributed by atoms with Crippen LogP contribution in [0, 0.1) is 0 Å². The molecule has 0 aliphatic carbocycles. The molecule has 3 heteroatoms. The minimum atomic E-state index is -0.937. The van der Waals surface area contributed by atoms with Gasteiger partial charge in [-0.05, 0) is 12.8 Å². The lowest BCUT2D eigenvalue weighted by Gasteiger charge is -2.20. The van der Waals surface area contributed by atoms with Crippen molar-refractivity contribution in [3.05, 3.63) is 0 Å². The molecular weight excluding hydrogens is 179 g/mol. The maximum Gasteiger partial charge on any atom is 0.455 e. The highest BCUT2D eigenvalue weighted by Gasteiger charge is 2.13. The smallest absolute Gasteiger partial charge is 0.455 e. The van der Waals surface area contributed by atoms with E-state index in [0.29, 0.717) is 0 Å². The molecule has 0 saturated carbocycles. The van der Waals surface area contributed by atoms with E-state index in [1.807, 2.05) is 0 Å². The molecule has 0 rings (SSSR count). The third kappa shape index (κ3) is 8.77. The summed E-state index contributed by atoms with van der Waals surface area (Å²) >= 11 is -0.937. The van der Waals surface area contributed by atoms with Gasteiger partial charge in [-0.2, -0.15) is 0 Å². The van der Waals surface area contributed by atoms with E-state index in [0.717, 1.165) is 25.9 Å². The van der Waals surface area contributed by atoms with Crippen molar-refractivity contribution >= 4 is 14.5 Å². The molecule has 0 aliphatic heterocycles. The van der Waals surface area contributed by atoms with Crippen LogP contribution in [0.2, 0.25) is 11.6 Å². The molecule has 0 spiro atoms. The van der Waals surface area contributed by atoms with Gasteiger partial charge in [-0.15, -0.1) is 0 Å². The van der Waals surface area contributed by atoms with E-state index < -0.39 is 14.5 Å². The maximum absolute atomic E-state index is 5.75. The van der Waals surface area contributed by atoms with E-state index in [1.165, 1.54) is 6.42 Å². The van der Waals surface area contributed by atoms with Crippen molar-refractivity contribution in [3.8, 4) is 0 Å². The molecule has 2 nitrogen and oxygen atoms in total. The zero-order chi connectivity index (χ0) is 10.1. The molecule has 0 saturated heterocycles. The number of hydrogen-bond donors (Lipinski definition) is 0. The summed E-state index contributed by atoms with van der Waals surface area (Å²) in [5.41, 5.74) is 0. The molecule has 1 unspecified atom stereocenters. The molecule has 0 radical (unpaired) electrons. The van der Waals surface area contributed by atoms with Crippen LogP contribution in [0.1, 0.15) is 39.5 Å². The standard InChI is InChI=1S/C8H17O2.2CH3.Al/c1-3-5-7-10-8(9)6-4-2;;;/h8H,3-7H2,1-2H3;2*1H3;/q-1;;;+1. The molecule has 0 aromatic rings. The Morgan fingerprint density at radius 3 is 2.31 bits per heavy atom. The minimum Gasteiger partial charge on any atom is -0.478 e. The zero-order valence-electron chi connectivity index (χ0n) is 9.51. The van der Waals surface area contributed by atoms with Crippen LogP contribution < -0.4 is 0 Å². The molecule has 0 fully saturated rings. The van der Waals surface area contributed by atoms with Crippen LogP contribution in [0.5, 0.6) is 0 Å². The van der Waals surface area contributed by atoms with Gasteiger partial charge in [0.2, 0.25) is 0 Å². The third-order valence-corrected chi connectivity index (χ3v) is 2.60. The van der Waals surface area contributed by atoms with Crippen LogP contribution in [0.4, 0.5) is 0 Å². The normalized spacial score (nSPS) is 12.9. The lowest BCUT2D eigenvalue weighted by Crippen LogP contribution is -2.23. The van der Waals surface area contributed by atoms with Crippen molar-refractivity contribution in [3.63, 3.8) is 0 Å². The predicted molar refractivity (Wildman–Crippen MR) is 58.1 cm³/mol. The Balaban J connectivity index is 3.53. The van der Waals surface area contributed by atoms with Crippen molar-refractivity contribution in [2.24, 2.45) is 0 Å². The van der Waals surface area contributed by atoms with E-state index in [4.69, 9.17) is 8.53 Å². The van der Waals surface area contributed by atoms with Crippen LogP contribution in [-0.4, -0.2) is 27.4 Å². The van der Waals surface area contributed by atoms with Gasteiger partial charge in [0.05, 0.1) is 0 Å². The number of hydrogen-bond acceptors (Lipinski definition) is 2. The second-order valence-corrected chi connectivity index (χ2v) is 6.00. The Labute approximate surface area is 87.3 Å². The van der Waals surface area contributed by atoms with Crippen LogP contribution in [0.25, 0.3) is 0 Å². The molecule has 0 aromatic carbocycles. The number of unbranched alkanes of at least 4 members (excludes halogenated alkanes) is 1. The molecule has 0 bridgehead atoms. The predicted octanol–water partition coefficient (Wildman–Crippen LogP) is 3.20. The fraction of sp³-hybridized carbons (Fsp3) is 1.00. The van der Waals surface area contributed by atoms with Gasteiger partial charge in [0, 0.05) is 6.61 Å². The summed E-state index contributed by atoms with van der Waals surface area (Å²) < 4.78 is 11.4. The van der Waals surface area contributed by atoms with Gasteiger partial charge in [0.1, 0.15) is 6.29 Å².